The zero-order valence-corrected chi connectivity index (χ0v) is 13.8. The van der Waals surface area contributed by atoms with Crippen LogP contribution >= 0.6 is 0 Å². The average molecular weight is 314 g/mol. The molecule has 0 amide bonds. The smallest absolute Gasteiger partial charge is 0.323 e. The van der Waals surface area contributed by atoms with E-state index in [0.717, 1.165) is 16.3 Å². The fraction of sp³-hybridized carbons (Fsp3) is 0.368. The standard InChI is InChI=1S/C19H22O4/c1-4-11-22-17(20)19(2,3)18(21)23-13-14-9-10-15-7-5-6-8-16(15)12-14/h5-10,12H,4,11,13H2,1-3H3. The Bertz CT molecular complexity index is 703. The number of carbonyl (C=O) groups excluding carboxylic acids is 2. The molecule has 0 bridgehead atoms. The molecule has 0 N–H and O–H groups in total. The highest BCUT2D eigenvalue weighted by atomic mass is 16.6. The zero-order valence-electron chi connectivity index (χ0n) is 13.8. The van der Waals surface area contributed by atoms with Gasteiger partial charge in [0, 0.05) is 0 Å². The van der Waals surface area contributed by atoms with Gasteiger partial charge in [0.25, 0.3) is 0 Å². The van der Waals surface area contributed by atoms with E-state index in [1.807, 2.05) is 49.4 Å². The summed E-state index contributed by atoms with van der Waals surface area (Å²) in [5, 5.41) is 2.22. The third-order valence-electron chi connectivity index (χ3n) is 3.64. The van der Waals surface area contributed by atoms with Gasteiger partial charge in [-0.25, -0.2) is 0 Å². The lowest BCUT2D eigenvalue weighted by Crippen LogP contribution is -2.36. The van der Waals surface area contributed by atoms with Crippen molar-refractivity contribution in [3.63, 3.8) is 0 Å². The lowest BCUT2D eigenvalue weighted by molar-refractivity contribution is -0.170. The summed E-state index contributed by atoms with van der Waals surface area (Å²) in [6.45, 7) is 5.38. The molecule has 0 aliphatic heterocycles. The molecule has 0 spiro atoms. The number of benzene rings is 2. The first-order chi connectivity index (χ1) is 10.9. The number of rotatable bonds is 6. The van der Waals surface area contributed by atoms with Gasteiger partial charge in [0.2, 0.25) is 0 Å². The predicted octanol–water partition coefficient (Wildman–Crippen LogP) is 3.86. The molecular weight excluding hydrogens is 292 g/mol. The molecule has 4 heteroatoms. The van der Waals surface area contributed by atoms with Gasteiger partial charge in [-0.15, -0.1) is 0 Å². The van der Waals surface area contributed by atoms with Gasteiger partial charge in [0.15, 0.2) is 5.41 Å². The van der Waals surface area contributed by atoms with E-state index in [4.69, 9.17) is 9.47 Å². The van der Waals surface area contributed by atoms with E-state index >= 15 is 0 Å². The van der Waals surface area contributed by atoms with Crippen molar-refractivity contribution in [3.8, 4) is 0 Å². The van der Waals surface area contributed by atoms with Gasteiger partial charge in [0.05, 0.1) is 6.61 Å². The van der Waals surface area contributed by atoms with Crippen molar-refractivity contribution in [3.05, 3.63) is 48.0 Å². The van der Waals surface area contributed by atoms with Crippen LogP contribution in [0.5, 0.6) is 0 Å². The fourth-order valence-corrected chi connectivity index (χ4v) is 2.12. The summed E-state index contributed by atoms with van der Waals surface area (Å²) in [5.74, 6) is -1.13. The molecule has 2 aromatic carbocycles. The minimum Gasteiger partial charge on any atom is -0.465 e. The van der Waals surface area contributed by atoms with Gasteiger partial charge in [0.1, 0.15) is 6.61 Å². The van der Waals surface area contributed by atoms with Crippen molar-refractivity contribution < 1.29 is 19.1 Å². The maximum atomic E-state index is 12.2. The van der Waals surface area contributed by atoms with Crippen molar-refractivity contribution in [2.75, 3.05) is 6.61 Å². The third kappa shape index (κ3) is 4.09. The van der Waals surface area contributed by atoms with Crippen LogP contribution in [-0.2, 0) is 25.7 Å². The van der Waals surface area contributed by atoms with Crippen LogP contribution < -0.4 is 0 Å². The molecule has 2 rings (SSSR count). The van der Waals surface area contributed by atoms with E-state index in [1.165, 1.54) is 13.8 Å². The van der Waals surface area contributed by atoms with Crippen LogP contribution in [0.2, 0.25) is 0 Å². The van der Waals surface area contributed by atoms with Gasteiger partial charge in [-0.05, 0) is 42.7 Å². The summed E-state index contributed by atoms with van der Waals surface area (Å²) < 4.78 is 10.4. The van der Waals surface area contributed by atoms with Crippen LogP contribution in [-0.4, -0.2) is 18.5 Å². The number of carbonyl (C=O) groups is 2. The number of hydrogen-bond acceptors (Lipinski definition) is 4. The molecule has 0 unspecified atom stereocenters. The predicted molar refractivity (Wildman–Crippen MR) is 88.8 cm³/mol. The summed E-state index contributed by atoms with van der Waals surface area (Å²) in [6, 6.07) is 13.9. The second-order valence-corrected chi connectivity index (χ2v) is 6.02. The van der Waals surface area contributed by atoms with Crippen molar-refractivity contribution in [1.29, 1.82) is 0 Å². The number of esters is 2. The minimum absolute atomic E-state index is 0.133. The summed E-state index contributed by atoms with van der Waals surface area (Å²) in [5.41, 5.74) is -0.416. The summed E-state index contributed by atoms with van der Waals surface area (Å²) in [6.07, 6.45) is 0.716. The van der Waals surface area contributed by atoms with Gasteiger partial charge in [-0.1, -0.05) is 43.3 Å². The molecule has 0 atom stereocenters. The molecule has 0 aliphatic carbocycles. The number of fused-ring (bicyclic) bond motifs is 1. The molecule has 0 saturated carbocycles. The molecule has 2 aromatic rings. The highest BCUT2D eigenvalue weighted by molar-refractivity contribution is 5.99. The van der Waals surface area contributed by atoms with Crippen LogP contribution in [0.15, 0.2) is 42.5 Å². The Labute approximate surface area is 136 Å². The van der Waals surface area contributed by atoms with Crippen molar-refractivity contribution in [2.45, 2.75) is 33.8 Å². The minimum atomic E-state index is -1.30. The number of hydrogen-bond donors (Lipinski definition) is 0. The third-order valence-corrected chi connectivity index (χ3v) is 3.64. The Morgan fingerprint density at radius 2 is 1.61 bits per heavy atom. The van der Waals surface area contributed by atoms with E-state index in [0.29, 0.717) is 13.0 Å². The summed E-state index contributed by atoms with van der Waals surface area (Å²) in [7, 11) is 0. The fourth-order valence-electron chi connectivity index (χ4n) is 2.12. The zero-order chi connectivity index (χ0) is 16.9. The second kappa shape index (κ2) is 7.27. The summed E-state index contributed by atoms with van der Waals surface area (Å²) >= 11 is 0. The number of ether oxygens (including phenoxy) is 2. The Balaban J connectivity index is 2.00. The quantitative estimate of drug-likeness (QED) is 0.600. The average Bonchev–Trinajstić information content (AvgIpc) is 2.57. The van der Waals surface area contributed by atoms with Gasteiger partial charge in [-0.2, -0.15) is 0 Å². The first-order valence-electron chi connectivity index (χ1n) is 7.77. The van der Waals surface area contributed by atoms with Crippen LogP contribution in [0.3, 0.4) is 0 Å². The van der Waals surface area contributed by atoms with E-state index in [1.54, 1.807) is 0 Å². The molecule has 4 nitrogen and oxygen atoms in total. The van der Waals surface area contributed by atoms with Gasteiger partial charge >= 0.3 is 11.9 Å². The Hall–Kier alpha value is -2.36. The molecule has 23 heavy (non-hydrogen) atoms. The normalized spacial score (nSPS) is 11.3. The lowest BCUT2D eigenvalue weighted by Gasteiger charge is -2.20. The molecule has 0 heterocycles. The molecule has 0 fully saturated rings. The van der Waals surface area contributed by atoms with Gasteiger partial charge in [-0.3, -0.25) is 9.59 Å². The molecule has 0 aromatic heterocycles. The van der Waals surface area contributed by atoms with E-state index < -0.39 is 17.4 Å². The largest absolute Gasteiger partial charge is 0.465 e. The van der Waals surface area contributed by atoms with Crippen molar-refractivity contribution in [1.82, 2.24) is 0 Å². The maximum Gasteiger partial charge on any atom is 0.323 e. The maximum absolute atomic E-state index is 12.2. The highest BCUT2D eigenvalue weighted by Crippen LogP contribution is 2.22. The molecule has 0 saturated heterocycles. The molecule has 0 aliphatic rings. The van der Waals surface area contributed by atoms with E-state index in [2.05, 4.69) is 0 Å². The molecule has 122 valence electrons. The van der Waals surface area contributed by atoms with Crippen molar-refractivity contribution >= 4 is 22.7 Å². The van der Waals surface area contributed by atoms with Crippen LogP contribution in [0.25, 0.3) is 10.8 Å². The van der Waals surface area contributed by atoms with Crippen LogP contribution in [0.4, 0.5) is 0 Å². The Kier molecular flexibility index (Phi) is 5.37. The highest BCUT2D eigenvalue weighted by Gasteiger charge is 2.39. The lowest BCUT2D eigenvalue weighted by atomic mass is 9.94. The summed E-state index contributed by atoms with van der Waals surface area (Å²) in [4.78, 5) is 24.1. The Morgan fingerprint density at radius 1 is 0.957 bits per heavy atom. The Morgan fingerprint density at radius 3 is 2.30 bits per heavy atom. The first-order valence-corrected chi connectivity index (χ1v) is 7.77. The molecular formula is C19H22O4. The van der Waals surface area contributed by atoms with E-state index in [-0.39, 0.29) is 6.61 Å². The topological polar surface area (TPSA) is 52.6 Å². The van der Waals surface area contributed by atoms with Crippen LogP contribution in [0.1, 0.15) is 32.8 Å². The molecule has 0 radical (unpaired) electrons. The van der Waals surface area contributed by atoms with Crippen molar-refractivity contribution in [2.24, 2.45) is 5.41 Å². The SMILES string of the molecule is CCCOC(=O)C(C)(C)C(=O)OCc1ccc2ccccc2c1. The van der Waals surface area contributed by atoms with Crippen LogP contribution in [0, 0.1) is 5.41 Å². The second-order valence-electron chi connectivity index (χ2n) is 6.02. The first kappa shape index (κ1) is 17.0. The van der Waals surface area contributed by atoms with E-state index in [9.17, 15) is 9.59 Å². The van der Waals surface area contributed by atoms with Gasteiger partial charge < -0.3 is 9.47 Å². The monoisotopic (exact) mass is 314 g/mol.